The van der Waals surface area contributed by atoms with Crippen LogP contribution in [0.25, 0.3) is 0 Å². The number of hydrogen-bond acceptors (Lipinski definition) is 3. The predicted octanol–water partition coefficient (Wildman–Crippen LogP) is 3.43. The van der Waals surface area contributed by atoms with Crippen LogP contribution in [0.2, 0.25) is 0 Å². The van der Waals surface area contributed by atoms with E-state index in [2.05, 4.69) is 16.7 Å². The van der Waals surface area contributed by atoms with Crippen LogP contribution in [0.5, 0.6) is 0 Å². The van der Waals surface area contributed by atoms with Gasteiger partial charge in [-0.25, -0.2) is 0 Å². The highest BCUT2D eigenvalue weighted by atomic mass is 32.1. The van der Waals surface area contributed by atoms with Crippen LogP contribution in [0.4, 0.5) is 0 Å². The maximum atomic E-state index is 4.73. The summed E-state index contributed by atoms with van der Waals surface area (Å²) in [6.07, 6.45) is 11.4. The first-order valence-corrected chi connectivity index (χ1v) is 9.45. The number of thiol groups is 1. The molecule has 0 spiro atoms. The Kier molecular flexibility index (Phi) is 4.99. The minimum atomic E-state index is 0.520. The van der Waals surface area contributed by atoms with E-state index in [1.54, 1.807) is 0 Å². The van der Waals surface area contributed by atoms with Gasteiger partial charge in [0.05, 0.1) is 0 Å². The molecule has 0 aromatic rings. The van der Waals surface area contributed by atoms with Crippen molar-refractivity contribution < 1.29 is 0 Å². The van der Waals surface area contributed by atoms with E-state index >= 15 is 0 Å². The molecule has 20 heavy (non-hydrogen) atoms. The van der Waals surface area contributed by atoms with Crippen molar-refractivity contribution in [2.45, 2.75) is 70.4 Å². The van der Waals surface area contributed by atoms with Crippen molar-refractivity contribution in [1.29, 1.82) is 0 Å². The van der Waals surface area contributed by atoms with E-state index in [1.165, 1.54) is 77.5 Å². The molecule has 2 nitrogen and oxygen atoms in total. The van der Waals surface area contributed by atoms with Crippen LogP contribution in [0.3, 0.4) is 0 Å². The van der Waals surface area contributed by atoms with Crippen LogP contribution < -0.4 is 0 Å². The van der Waals surface area contributed by atoms with E-state index in [1.807, 2.05) is 0 Å². The largest absolute Gasteiger partial charge is 0.298 e. The van der Waals surface area contributed by atoms with Crippen molar-refractivity contribution in [1.82, 2.24) is 9.80 Å². The summed E-state index contributed by atoms with van der Waals surface area (Å²) in [7, 11) is 0. The lowest BCUT2D eigenvalue weighted by Crippen LogP contribution is -2.60. The predicted molar refractivity (Wildman–Crippen MR) is 89.6 cm³/mol. The zero-order chi connectivity index (χ0) is 14.0. The van der Waals surface area contributed by atoms with E-state index in [0.29, 0.717) is 5.41 Å². The summed E-state index contributed by atoms with van der Waals surface area (Å²) in [6, 6.07) is 1.59. The number of piperazine rings is 1. The van der Waals surface area contributed by atoms with Gasteiger partial charge in [0.25, 0.3) is 0 Å². The molecule has 0 radical (unpaired) electrons. The smallest absolute Gasteiger partial charge is 0.0223 e. The quantitative estimate of drug-likeness (QED) is 0.797. The molecule has 2 atom stereocenters. The van der Waals surface area contributed by atoms with Gasteiger partial charge < -0.3 is 0 Å². The first kappa shape index (κ1) is 15.2. The van der Waals surface area contributed by atoms with E-state index in [0.717, 1.165) is 17.8 Å². The Balaban J connectivity index is 1.63. The lowest BCUT2D eigenvalue weighted by atomic mass is 9.74. The third-order valence-electron chi connectivity index (χ3n) is 6.10. The van der Waals surface area contributed by atoms with Gasteiger partial charge in [0.2, 0.25) is 0 Å². The molecule has 2 unspecified atom stereocenters. The van der Waals surface area contributed by atoms with Crippen molar-refractivity contribution in [3.63, 3.8) is 0 Å². The highest BCUT2D eigenvalue weighted by Crippen LogP contribution is 2.39. The van der Waals surface area contributed by atoms with Gasteiger partial charge in [0.15, 0.2) is 0 Å². The van der Waals surface area contributed by atoms with Crippen molar-refractivity contribution in [2.75, 3.05) is 31.9 Å². The first-order valence-electron chi connectivity index (χ1n) is 8.81. The second-order valence-corrected chi connectivity index (χ2v) is 7.96. The minimum absolute atomic E-state index is 0.520. The Hall–Kier alpha value is 0.270. The standard InChI is InChI=1S/C17H32N2S/c1-15-11-18-10-6-3-7-16(18)12-19(15)13-17(14-20)8-4-2-5-9-17/h15-16,20H,2-14H2,1H3. The Morgan fingerprint density at radius 1 is 1.05 bits per heavy atom. The fraction of sp³-hybridized carbons (Fsp3) is 1.00. The lowest BCUT2D eigenvalue weighted by molar-refractivity contribution is -0.00978. The Morgan fingerprint density at radius 3 is 2.60 bits per heavy atom. The molecule has 1 saturated carbocycles. The topological polar surface area (TPSA) is 6.48 Å². The summed E-state index contributed by atoms with van der Waals surface area (Å²) < 4.78 is 0. The number of hydrogen-bond donors (Lipinski definition) is 1. The number of rotatable bonds is 3. The third-order valence-corrected chi connectivity index (χ3v) is 6.78. The third kappa shape index (κ3) is 3.20. The molecule has 2 heterocycles. The molecule has 3 heteroatoms. The zero-order valence-electron chi connectivity index (χ0n) is 13.2. The summed E-state index contributed by atoms with van der Waals surface area (Å²) >= 11 is 4.73. The van der Waals surface area contributed by atoms with Crippen LogP contribution in [-0.4, -0.2) is 53.8 Å². The first-order chi connectivity index (χ1) is 9.72. The molecule has 3 rings (SSSR count). The van der Waals surface area contributed by atoms with Gasteiger partial charge in [-0.05, 0) is 50.3 Å². The zero-order valence-corrected chi connectivity index (χ0v) is 14.1. The van der Waals surface area contributed by atoms with Gasteiger partial charge in [-0.1, -0.05) is 25.7 Å². The van der Waals surface area contributed by atoms with Crippen molar-refractivity contribution >= 4 is 12.6 Å². The molecule has 0 bridgehead atoms. The average molecular weight is 297 g/mol. The van der Waals surface area contributed by atoms with Crippen molar-refractivity contribution in [3.05, 3.63) is 0 Å². The summed E-state index contributed by atoms with van der Waals surface area (Å²) in [6.45, 7) is 7.71. The minimum Gasteiger partial charge on any atom is -0.298 e. The maximum absolute atomic E-state index is 4.73. The SMILES string of the molecule is CC1CN2CCCCC2CN1CC1(CS)CCCCC1. The molecule has 3 aliphatic rings. The fourth-order valence-electron chi connectivity index (χ4n) is 4.73. The van der Waals surface area contributed by atoms with Gasteiger partial charge in [-0.2, -0.15) is 12.6 Å². The summed E-state index contributed by atoms with van der Waals surface area (Å²) in [5.74, 6) is 1.09. The fourth-order valence-corrected chi connectivity index (χ4v) is 5.15. The molecule has 116 valence electrons. The number of fused-ring (bicyclic) bond motifs is 1. The van der Waals surface area contributed by atoms with E-state index in [-0.39, 0.29) is 0 Å². The normalized spacial score (nSPS) is 35.7. The Labute approximate surface area is 130 Å². The van der Waals surface area contributed by atoms with Gasteiger partial charge >= 0.3 is 0 Å². The maximum Gasteiger partial charge on any atom is 0.0223 e. The van der Waals surface area contributed by atoms with Crippen LogP contribution >= 0.6 is 12.6 Å². The lowest BCUT2D eigenvalue weighted by Gasteiger charge is -2.50. The van der Waals surface area contributed by atoms with Crippen LogP contribution in [0.15, 0.2) is 0 Å². The van der Waals surface area contributed by atoms with Crippen LogP contribution in [-0.2, 0) is 0 Å². The molecule has 0 amide bonds. The molecule has 0 N–H and O–H groups in total. The van der Waals surface area contributed by atoms with Gasteiger partial charge in [0, 0.05) is 31.7 Å². The monoisotopic (exact) mass is 296 g/mol. The second-order valence-electron chi connectivity index (χ2n) is 7.64. The number of piperidine rings is 1. The molecule has 0 aromatic carbocycles. The molecular weight excluding hydrogens is 264 g/mol. The second kappa shape index (κ2) is 6.58. The van der Waals surface area contributed by atoms with Crippen LogP contribution in [0.1, 0.15) is 58.3 Å². The molecule has 0 aromatic heterocycles. The molecule has 2 aliphatic heterocycles. The van der Waals surface area contributed by atoms with E-state index in [9.17, 15) is 0 Å². The summed E-state index contributed by atoms with van der Waals surface area (Å²) in [5, 5.41) is 0. The van der Waals surface area contributed by atoms with Gasteiger partial charge in [0.1, 0.15) is 0 Å². The highest BCUT2D eigenvalue weighted by molar-refractivity contribution is 7.80. The van der Waals surface area contributed by atoms with Crippen molar-refractivity contribution in [3.8, 4) is 0 Å². The number of nitrogens with zero attached hydrogens (tertiary/aromatic N) is 2. The summed E-state index contributed by atoms with van der Waals surface area (Å²) in [5.41, 5.74) is 0.520. The molecule has 1 aliphatic carbocycles. The average Bonchev–Trinajstić information content (AvgIpc) is 2.49. The molecular formula is C17H32N2S. The van der Waals surface area contributed by atoms with Gasteiger partial charge in [-0.15, -0.1) is 0 Å². The summed E-state index contributed by atoms with van der Waals surface area (Å²) in [4.78, 5) is 5.58. The van der Waals surface area contributed by atoms with Crippen molar-refractivity contribution in [2.24, 2.45) is 5.41 Å². The Morgan fingerprint density at radius 2 is 1.85 bits per heavy atom. The van der Waals surface area contributed by atoms with E-state index < -0.39 is 0 Å². The highest BCUT2D eigenvalue weighted by Gasteiger charge is 2.38. The molecule has 3 fully saturated rings. The van der Waals surface area contributed by atoms with E-state index in [4.69, 9.17) is 12.6 Å². The molecule has 2 saturated heterocycles. The van der Waals surface area contributed by atoms with Gasteiger partial charge in [-0.3, -0.25) is 9.80 Å². The Bertz CT molecular complexity index is 314. The van der Waals surface area contributed by atoms with Crippen LogP contribution in [0, 0.1) is 5.41 Å².